The third kappa shape index (κ3) is 5.75. The second kappa shape index (κ2) is 7.79. The molecule has 1 aromatic carbocycles. The number of ether oxygens (including phenoxy) is 1. The summed E-state index contributed by atoms with van der Waals surface area (Å²) in [7, 11) is 0. The maximum Gasteiger partial charge on any atom is 0.407 e. The lowest BCUT2D eigenvalue weighted by molar-refractivity contribution is 0.127. The summed E-state index contributed by atoms with van der Waals surface area (Å²) >= 11 is 0. The molecular formula is C15H24N2O2. The van der Waals surface area contributed by atoms with Crippen molar-refractivity contribution in [1.82, 2.24) is 5.32 Å². The molecule has 106 valence electrons. The highest BCUT2D eigenvalue weighted by molar-refractivity contribution is 5.68. The molecule has 0 saturated carbocycles. The van der Waals surface area contributed by atoms with Gasteiger partial charge < -0.3 is 15.8 Å². The van der Waals surface area contributed by atoms with Crippen LogP contribution in [0.2, 0.25) is 0 Å². The Balaban J connectivity index is 2.41. The molecule has 0 bridgehead atoms. The van der Waals surface area contributed by atoms with Gasteiger partial charge in [-0.05, 0) is 18.9 Å². The minimum absolute atomic E-state index is 0.279. The molecule has 1 amide bonds. The summed E-state index contributed by atoms with van der Waals surface area (Å²) in [6.07, 6.45) is 2.57. The Bertz CT molecular complexity index is 381. The van der Waals surface area contributed by atoms with Gasteiger partial charge in [0.15, 0.2) is 0 Å². The quantitative estimate of drug-likeness (QED) is 0.796. The number of nitrogens with two attached hydrogens (primary N) is 1. The Hall–Kier alpha value is -1.55. The number of rotatable bonds is 7. The van der Waals surface area contributed by atoms with Gasteiger partial charge >= 0.3 is 6.09 Å². The van der Waals surface area contributed by atoms with Crippen molar-refractivity contribution >= 4 is 6.09 Å². The summed E-state index contributed by atoms with van der Waals surface area (Å²) in [5.41, 5.74) is 6.32. The second-order valence-electron chi connectivity index (χ2n) is 5.06. The number of hydrogen-bond donors (Lipinski definition) is 2. The van der Waals surface area contributed by atoms with Gasteiger partial charge in [0.2, 0.25) is 0 Å². The fourth-order valence-electron chi connectivity index (χ4n) is 1.79. The van der Waals surface area contributed by atoms with Crippen LogP contribution in [-0.4, -0.2) is 18.2 Å². The van der Waals surface area contributed by atoms with Gasteiger partial charge in [-0.25, -0.2) is 4.79 Å². The summed E-state index contributed by atoms with van der Waals surface area (Å²) in [6.45, 7) is 4.76. The van der Waals surface area contributed by atoms with Crippen LogP contribution >= 0.6 is 0 Å². The van der Waals surface area contributed by atoms with Crippen LogP contribution in [0.5, 0.6) is 0 Å². The molecule has 0 saturated heterocycles. The smallest absolute Gasteiger partial charge is 0.407 e. The third-order valence-corrected chi connectivity index (χ3v) is 3.15. The average Bonchev–Trinajstić information content (AvgIpc) is 2.44. The highest BCUT2D eigenvalue weighted by Gasteiger charge is 2.24. The first-order valence-corrected chi connectivity index (χ1v) is 6.78. The number of amides is 1. The fraction of sp³-hybridized carbons (Fsp3) is 0.533. The normalized spacial score (nSPS) is 13.6. The molecule has 0 radical (unpaired) electrons. The summed E-state index contributed by atoms with van der Waals surface area (Å²) in [6, 6.07) is 9.61. The number of alkyl carbamates (subject to hydrolysis) is 1. The van der Waals surface area contributed by atoms with Crippen molar-refractivity contribution in [3.63, 3.8) is 0 Å². The molecule has 3 N–H and O–H groups in total. The zero-order valence-electron chi connectivity index (χ0n) is 11.8. The zero-order chi connectivity index (χ0) is 14.1. The van der Waals surface area contributed by atoms with Gasteiger partial charge in [0.25, 0.3) is 0 Å². The van der Waals surface area contributed by atoms with Gasteiger partial charge in [-0.15, -0.1) is 0 Å². The van der Waals surface area contributed by atoms with Gasteiger partial charge in [-0.1, -0.05) is 50.1 Å². The SMILES string of the molecule is CCCCC(C)(CN)NC(=O)OCc1ccccc1. The van der Waals surface area contributed by atoms with E-state index in [9.17, 15) is 4.79 Å². The van der Waals surface area contributed by atoms with Crippen LogP contribution in [0.3, 0.4) is 0 Å². The number of nitrogens with one attached hydrogen (secondary N) is 1. The van der Waals surface area contributed by atoms with E-state index in [-0.39, 0.29) is 12.1 Å². The molecule has 0 fully saturated rings. The van der Waals surface area contributed by atoms with Crippen molar-refractivity contribution < 1.29 is 9.53 Å². The predicted molar refractivity (Wildman–Crippen MR) is 76.7 cm³/mol. The Kier molecular flexibility index (Phi) is 6.36. The van der Waals surface area contributed by atoms with E-state index in [0.717, 1.165) is 24.8 Å². The van der Waals surface area contributed by atoms with E-state index >= 15 is 0 Å². The van der Waals surface area contributed by atoms with Crippen molar-refractivity contribution in [2.45, 2.75) is 45.3 Å². The van der Waals surface area contributed by atoms with Gasteiger partial charge in [0.1, 0.15) is 6.61 Å². The molecule has 4 heteroatoms. The lowest BCUT2D eigenvalue weighted by Gasteiger charge is -2.28. The first-order chi connectivity index (χ1) is 9.09. The second-order valence-corrected chi connectivity index (χ2v) is 5.06. The molecule has 1 atom stereocenters. The third-order valence-electron chi connectivity index (χ3n) is 3.15. The van der Waals surface area contributed by atoms with Crippen LogP contribution in [0.4, 0.5) is 4.79 Å². The molecule has 0 aliphatic carbocycles. The highest BCUT2D eigenvalue weighted by atomic mass is 16.5. The monoisotopic (exact) mass is 264 g/mol. The first kappa shape index (κ1) is 15.5. The lowest BCUT2D eigenvalue weighted by Crippen LogP contribution is -2.51. The fourth-order valence-corrected chi connectivity index (χ4v) is 1.79. The van der Waals surface area contributed by atoms with Gasteiger partial charge in [0, 0.05) is 6.54 Å². The molecule has 1 aromatic rings. The largest absolute Gasteiger partial charge is 0.445 e. The minimum atomic E-state index is -0.409. The van der Waals surface area contributed by atoms with Crippen LogP contribution < -0.4 is 11.1 Å². The van der Waals surface area contributed by atoms with Crippen molar-refractivity contribution in [3.05, 3.63) is 35.9 Å². The molecule has 1 rings (SSSR count). The number of hydrogen-bond acceptors (Lipinski definition) is 3. The van der Waals surface area contributed by atoms with Crippen LogP contribution in [-0.2, 0) is 11.3 Å². The van der Waals surface area contributed by atoms with Crippen LogP contribution in [0.15, 0.2) is 30.3 Å². The predicted octanol–water partition coefficient (Wildman–Crippen LogP) is 2.82. The zero-order valence-corrected chi connectivity index (χ0v) is 11.8. The van der Waals surface area contributed by atoms with Crippen LogP contribution in [0.1, 0.15) is 38.7 Å². The molecule has 19 heavy (non-hydrogen) atoms. The molecule has 1 unspecified atom stereocenters. The minimum Gasteiger partial charge on any atom is -0.445 e. The van der Waals surface area contributed by atoms with Crippen molar-refractivity contribution in [2.24, 2.45) is 5.73 Å². The number of carbonyl (C=O) groups excluding carboxylic acids is 1. The molecule has 4 nitrogen and oxygen atoms in total. The van der Waals surface area contributed by atoms with E-state index in [2.05, 4.69) is 12.2 Å². The van der Waals surface area contributed by atoms with E-state index in [0.29, 0.717) is 6.54 Å². The van der Waals surface area contributed by atoms with E-state index in [1.165, 1.54) is 0 Å². The summed E-state index contributed by atoms with van der Waals surface area (Å²) in [5, 5.41) is 2.86. The standard InChI is InChI=1S/C15H24N2O2/c1-3-4-10-15(2,12-16)17-14(18)19-11-13-8-6-5-7-9-13/h5-9H,3-4,10-12,16H2,1-2H3,(H,17,18). The molecule has 0 spiro atoms. The van der Waals surface area contributed by atoms with Crippen molar-refractivity contribution in [3.8, 4) is 0 Å². The lowest BCUT2D eigenvalue weighted by atomic mass is 9.95. The Morgan fingerprint density at radius 3 is 2.63 bits per heavy atom. The summed E-state index contributed by atoms with van der Waals surface area (Å²) < 4.78 is 5.20. The molecule has 0 aliphatic rings. The topological polar surface area (TPSA) is 64.3 Å². The van der Waals surface area contributed by atoms with Gasteiger partial charge in [-0.2, -0.15) is 0 Å². The van der Waals surface area contributed by atoms with Crippen molar-refractivity contribution in [1.29, 1.82) is 0 Å². The molecular weight excluding hydrogens is 240 g/mol. The van der Waals surface area contributed by atoms with Gasteiger partial charge in [-0.3, -0.25) is 0 Å². The Labute approximate surface area is 115 Å². The van der Waals surface area contributed by atoms with E-state index < -0.39 is 6.09 Å². The average molecular weight is 264 g/mol. The van der Waals surface area contributed by atoms with E-state index in [4.69, 9.17) is 10.5 Å². The Morgan fingerprint density at radius 1 is 1.37 bits per heavy atom. The molecule has 0 aliphatic heterocycles. The van der Waals surface area contributed by atoms with E-state index in [1.54, 1.807) is 0 Å². The van der Waals surface area contributed by atoms with E-state index in [1.807, 2.05) is 37.3 Å². The maximum atomic E-state index is 11.8. The highest BCUT2D eigenvalue weighted by Crippen LogP contribution is 2.13. The number of unbranched alkanes of at least 4 members (excludes halogenated alkanes) is 1. The molecule has 0 heterocycles. The van der Waals surface area contributed by atoms with Gasteiger partial charge in [0.05, 0.1) is 5.54 Å². The summed E-state index contributed by atoms with van der Waals surface area (Å²) in [5.74, 6) is 0. The number of benzene rings is 1. The maximum absolute atomic E-state index is 11.8. The molecule has 0 aromatic heterocycles. The number of carbonyl (C=O) groups is 1. The van der Waals surface area contributed by atoms with Crippen LogP contribution in [0, 0.1) is 0 Å². The van der Waals surface area contributed by atoms with Crippen LogP contribution in [0.25, 0.3) is 0 Å². The Morgan fingerprint density at radius 2 is 2.05 bits per heavy atom. The first-order valence-electron chi connectivity index (χ1n) is 6.78. The van der Waals surface area contributed by atoms with Crippen molar-refractivity contribution in [2.75, 3.05) is 6.54 Å². The summed E-state index contributed by atoms with van der Waals surface area (Å²) in [4.78, 5) is 11.8.